The van der Waals surface area contributed by atoms with Crippen LogP contribution in [0.3, 0.4) is 0 Å². The molecule has 5 heteroatoms. The number of hydrogen-bond donors (Lipinski definition) is 1. The summed E-state index contributed by atoms with van der Waals surface area (Å²) in [6.45, 7) is 0. The Labute approximate surface area is 149 Å². The number of hydrogen-bond acceptors (Lipinski definition) is 5. The number of allylic oxidation sites excluding steroid dienone is 1. The van der Waals surface area contributed by atoms with E-state index in [0.717, 1.165) is 5.56 Å². The van der Waals surface area contributed by atoms with Gasteiger partial charge in [-0.15, -0.1) is 0 Å². The van der Waals surface area contributed by atoms with E-state index in [1.54, 1.807) is 12.1 Å². The van der Waals surface area contributed by atoms with Crippen molar-refractivity contribution >= 4 is 11.0 Å². The lowest BCUT2D eigenvalue weighted by Gasteiger charge is -2.25. The predicted molar refractivity (Wildman–Crippen MR) is 97.4 cm³/mol. The molecule has 26 heavy (non-hydrogen) atoms. The smallest absolute Gasteiger partial charge is 0.343 e. The van der Waals surface area contributed by atoms with Gasteiger partial charge in [-0.3, -0.25) is 0 Å². The first-order valence-corrected chi connectivity index (χ1v) is 8.36. The molecule has 128 valence electrons. The van der Waals surface area contributed by atoms with E-state index in [4.69, 9.17) is 14.9 Å². The third kappa shape index (κ3) is 2.62. The minimum absolute atomic E-state index is 0.0498. The van der Waals surface area contributed by atoms with Crippen LogP contribution in [0.4, 0.5) is 0 Å². The zero-order valence-corrected chi connectivity index (χ0v) is 13.9. The molecule has 0 saturated carbocycles. The topological polar surface area (TPSA) is 89.3 Å². The van der Waals surface area contributed by atoms with Gasteiger partial charge in [0.1, 0.15) is 11.7 Å². The summed E-state index contributed by atoms with van der Waals surface area (Å²) < 4.78 is 11.1. The Bertz CT molecular complexity index is 1110. The van der Waals surface area contributed by atoms with Crippen molar-refractivity contribution in [2.75, 3.05) is 0 Å². The minimum atomic E-state index is -0.489. The summed E-state index contributed by atoms with van der Waals surface area (Å²) in [7, 11) is 0. The van der Waals surface area contributed by atoms with E-state index in [0.29, 0.717) is 35.1 Å². The molecule has 2 aromatic carbocycles. The number of para-hydroxylation sites is 1. The molecule has 2 N–H and O–H groups in total. The monoisotopic (exact) mass is 344 g/mol. The molecule has 0 radical (unpaired) electrons. The van der Waals surface area contributed by atoms with E-state index >= 15 is 0 Å². The van der Waals surface area contributed by atoms with Crippen molar-refractivity contribution in [3.63, 3.8) is 0 Å². The first-order valence-electron chi connectivity index (χ1n) is 8.36. The quantitative estimate of drug-likeness (QED) is 0.733. The zero-order chi connectivity index (χ0) is 18.1. The van der Waals surface area contributed by atoms with Crippen molar-refractivity contribution < 1.29 is 9.15 Å². The number of fused-ring (bicyclic) bond motifs is 3. The van der Waals surface area contributed by atoms with E-state index in [2.05, 4.69) is 6.07 Å². The Morgan fingerprint density at radius 3 is 2.58 bits per heavy atom. The lowest BCUT2D eigenvalue weighted by molar-refractivity contribution is 0.378. The van der Waals surface area contributed by atoms with Crippen LogP contribution in [0.25, 0.3) is 11.0 Å². The van der Waals surface area contributed by atoms with Crippen molar-refractivity contribution in [1.82, 2.24) is 0 Å². The standard InChI is InChI=1S/C21H16N2O3/c22-12-16-14(11-10-13-6-2-1-3-7-13)18-19(26-20(16)23)15-8-4-5-9-17(15)25-21(18)24/h1-9,14H,10-11,23H2/t14-/m0/s1. The van der Waals surface area contributed by atoms with Gasteiger partial charge >= 0.3 is 5.63 Å². The molecule has 0 spiro atoms. The highest BCUT2D eigenvalue weighted by Crippen LogP contribution is 2.42. The number of nitriles is 1. The van der Waals surface area contributed by atoms with Crippen LogP contribution in [0.1, 0.15) is 23.5 Å². The van der Waals surface area contributed by atoms with E-state index in [1.165, 1.54) is 0 Å². The largest absolute Gasteiger partial charge is 0.439 e. The van der Waals surface area contributed by atoms with Crippen molar-refractivity contribution in [1.29, 1.82) is 5.26 Å². The van der Waals surface area contributed by atoms with E-state index in [1.807, 2.05) is 42.5 Å². The lowest BCUT2D eigenvalue weighted by atomic mass is 9.85. The van der Waals surface area contributed by atoms with Crippen molar-refractivity contribution in [2.24, 2.45) is 5.73 Å². The van der Waals surface area contributed by atoms with Crippen LogP contribution < -0.4 is 16.1 Å². The summed E-state index contributed by atoms with van der Waals surface area (Å²) in [6, 6.07) is 19.2. The fourth-order valence-corrected chi connectivity index (χ4v) is 3.40. The van der Waals surface area contributed by atoms with Gasteiger partial charge < -0.3 is 14.9 Å². The number of nitrogens with two attached hydrogens (primary N) is 1. The Morgan fingerprint density at radius 1 is 1.08 bits per heavy atom. The van der Waals surface area contributed by atoms with Crippen LogP contribution in [-0.2, 0) is 6.42 Å². The summed E-state index contributed by atoms with van der Waals surface area (Å²) in [5, 5.41) is 10.2. The highest BCUT2D eigenvalue weighted by Gasteiger charge is 2.33. The Morgan fingerprint density at radius 2 is 1.81 bits per heavy atom. The van der Waals surface area contributed by atoms with Gasteiger partial charge in [0.15, 0.2) is 5.75 Å². The Balaban J connectivity index is 1.84. The fraction of sp³-hybridized carbons (Fsp3) is 0.143. The number of aryl methyl sites for hydroxylation is 1. The maximum atomic E-state index is 12.6. The molecule has 1 atom stereocenters. The van der Waals surface area contributed by atoms with Crippen molar-refractivity contribution in [3.8, 4) is 11.8 Å². The molecule has 0 amide bonds. The molecule has 2 heterocycles. The molecule has 0 aliphatic carbocycles. The van der Waals surface area contributed by atoms with E-state index < -0.39 is 11.5 Å². The second kappa shape index (κ2) is 6.41. The second-order valence-corrected chi connectivity index (χ2v) is 6.20. The van der Waals surface area contributed by atoms with Crippen LogP contribution in [0.15, 0.2) is 75.3 Å². The van der Waals surface area contributed by atoms with Gasteiger partial charge in [-0.25, -0.2) is 4.79 Å². The second-order valence-electron chi connectivity index (χ2n) is 6.20. The highest BCUT2D eigenvalue weighted by molar-refractivity contribution is 5.85. The average molecular weight is 344 g/mol. The molecular weight excluding hydrogens is 328 g/mol. The SMILES string of the molecule is N#CC1=C(N)Oc2c(c(=O)oc3ccccc23)[C@H]1CCc1ccccc1. The first kappa shape index (κ1) is 16.0. The zero-order valence-electron chi connectivity index (χ0n) is 13.9. The number of benzene rings is 2. The molecule has 4 rings (SSSR count). The summed E-state index contributed by atoms with van der Waals surface area (Å²) in [5.74, 6) is -0.00922. The summed E-state index contributed by atoms with van der Waals surface area (Å²) in [4.78, 5) is 12.6. The summed E-state index contributed by atoms with van der Waals surface area (Å²) in [6.07, 6.45) is 1.27. The average Bonchev–Trinajstić information content (AvgIpc) is 2.66. The van der Waals surface area contributed by atoms with Crippen LogP contribution in [0.2, 0.25) is 0 Å². The van der Waals surface area contributed by atoms with Gasteiger partial charge in [0.2, 0.25) is 5.88 Å². The summed E-state index contributed by atoms with van der Waals surface area (Å²) in [5.41, 5.74) is 7.72. The third-order valence-electron chi connectivity index (χ3n) is 4.66. The van der Waals surface area contributed by atoms with Gasteiger partial charge in [0, 0.05) is 5.92 Å². The van der Waals surface area contributed by atoms with Crippen molar-refractivity contribution in [3.05, 3.63) is 87.6 Å². The molecule has 5 nitrogen and oxygen atoms in total. The maximum absolute atomic E-state index is 12.6. The van der Waals surface area contributed by atoms with Crippen molar-refractivity contribution in [2.45, 2.75) is 18.8 Å². The fourth-order valence-electron chi connectivity index (χ4n) is 3.40. The number of nitrogens with zero attached hydrogens (tertiary/aromatic N) is 1. The van der Waals surface area contributed by atoms with Crippen LogP contribution >= 0.6 is 0 Å². The first-order chi connectivity index (χ1) is 12.7. The third-order valence-corrected chi connectivity index (χ3v) is 4.66. The van der Waals surface area contributed by atoms with Crippen LogP contribution in [-0.4, -0.2) is 0 Å². The molecule has 0 fully saturated rings. The number of rotatable bonds is 3. The molecule has 3 aromatic rings. The normalized spacial score (nSPS) is 16.0. The van der Waals surface area contributed by atoms with Gasteiger partial charge in [0.05, 0.1) is 16.5 Å². The Hall–Kier alpha value is -3.52. The Kier molecular flexibility index (Phi) is 3.94. The van der Waals surface area contributed by atoms with E-state index in [-0.39, 0.29) is 11.5 Å². The van der Waals surface area contributed by atoms with Gasteiger partial charge in [-0.2, -0.15) is 5.26 Å². The maximum Gasteiger partial charge on any atom is 0.343 e. The molecule has 1 aliphatic heterocycles. The molecule has 1 aromatic heterocycles. The minimum Gasteiger partial charge on any atom is -0.439 e. The molecule has 0 unspecified atom stereocenters. The highest BCUT2D eigenvalue weighted by atomic mass is 16.5. The lowest BCUT2D eigenvalue weighted by Crippen LogP contribution is -2.26. The molecule has 0 saturated heterocycles. The molecule has 0 bridgehead atoms. The van der Waals surface area contributed by atoms with Crippen LogP contribution in [0, 0.1) is 11.3 Å². The van der Waals surface area contributed by atoms with E-state index in [9.17, 15) is 10.1 Å². The van der Waals surface area contributed by atoms with Gasteiger partial charge in [-0.05, 0) is 30.5 Å². The predicted octanol–water partition coefficient (Wildman–Crippen LogP) is 3.60. The van der Waals surface area contributed by atoms with Gasteiger partial charge in [0.25, 0.3) is 0 Å². The van der Waals surface area contributed by atoms with Crippen LogP contribution in [0.5, 0.6) is 5.75 Å². The molecule has 1 aliphatic rings. The van der Waals surface area contributed by atoms with Gasteiger partial charge in [-0.1, -0.05) is 42.5 Å². The number of ether oxygens (including phenoxy) is 1. The summed E-state index contributed by atoms with van der Waals surface area (Å²) >= 11 is 0. The molecular formula is C21H16N2O3.